The molecule has 0 N–H and O–H groups in total. The number of hydrogen-bond acceptors (Lipinski definition) is 0. The molecule has 2 heteroatoms. The van der Waals surface area contributed by atoms with Crippen molar-refractivity contribution in [3.8, 4) is 0 Å². The van der Waals surface area contributed by atoms with Gasteiger partial charge in [-0.25, -0.2) is 4.39 Å². The van der Waals surface area contributed by atoms with Crippen LogP contribution in [0.3, 0.4) is 0 Å². The second kappa shape index (κ2) is 5.97. The third-order valence-corrected chi connectivity index (χ3v) is 3.63. The van der Waals surface area contributed by atoms with Crippen LogP contribution in [0.2, 0.25) is 0 Å². The average molecular weight is 293 g/mol. The van der Waals surface area contributed by atoms with Crippen molar-refractivity contribution in [2.24, 2.45) is 0 Å². The lowest BCUT2D eigenvalue weighted by Crippen LogP contribution is -2.04. The quantitative estimate of drug-likeness (QED) is 0.726. The summed E-state index contributed by atoms with van der Waals surface area (Å²) in [5.74, 6) is 0.255. The van der Waals surface area contributed by atoms with E-state index in [0.717, 1.165) is 11.8 Å². The van der Waals surface area contributed by atoms with Crippen molar-refractivity contribution in [1.29, 1.82) is 0 Å². The minimum absolute atomic E-state index is 0.177. The Morgan fingerprint density at radius 2 is 1.59 bits per heavy atom. The number of hydrogen-bond donors (Lipinski definition) is 0. The molecule has 0 saturated heterocycles. The average Bonchev–Trinajstić information content (AvgIpc) is 2.39. The molecule has 0 aromatic heterocycles. The Morgan fingerprint density at radius 1 is 0.941 bits per heavy atom. The zero-order valence-electron chi connectivity index (χ0n) is 9.44. The van der Waals surface area contributed by atoms with E-state index in [4.69, 9.17) is 0 Å². The van der Waals surface area contributed by atoms with Gasteiger partial charge in [-0.1, -0.05) is 58.4 Å². The predicted molar refractivity (Wildman–Crippen MR) is 73.1 cm³/mol. The second-order valence-corrected chi connectivity index (χ2v) is 4.74. The molecule has 17 heavy (non-hydrogen) atoms. The van der Waals surface area contributed by atoms with Crippen LogP contribution < -0.4 is 0 Å². The second-order valence-electron chi connectivity index (χ2n) is 4.09. The van der Waals surface area contributed by atoms with Crippen molar-refractivity contribution in [2.45, 2.75) is 12.3 Å². The zero-order chi connectivity index (χ0) is 12.1. The molecule has 1 atom stereocenters. The van der Waals surface area contributed by atoms with E-state index in [1.54, 1.807) is 0 Å². The maximum Gasteiger partial charge on any atom is 0.123 e. The van der Waals surface area contributed by atoms with Gasteiger partial charge in [0.05, 0.1) is 0 Å². The molecule has 2 rings (SSSR count). The van der Waals surface area contributed by atoms with Gasteiger partial charge in [0.15, 0.2) is 0 Å². The van der Waals surface area contributed by atoms with Gasteiger partial charge in [-0.3, -0.25) is 0 Å². The van der Waals surface area contributed by atoms with E-state index in [1.165, 1.54) is 23.3 Å². The maximum absolute atomic E-state index is 12.8. The first kappa shape index (κ1) is 12.3. The van der Waals surface area contributed by atoms with E-state index < -0.39 is 0 Å². The van der Waals surface area contributed by atoms with Crippen molar-refractivity contribution in [3.05, 3.63) is 71.5 Å². The Hall–Kier alpha value is -1.15. The molecule has 2 aromatic carbocycles. The van der Waals surface area contributed by atoms with E-state index in [1.807, 2.05) is 18.2 Å². The van der Waals surface area contributed by atoms with Gasteiger partial charge in [-0.15, -0.1) is 0 Å². The predicted octanol–water partition coefficient (Wildman–Crippen LogP) is 4.55. The molecule has 2 aromatic rings. The summed E-state index contributed by atoms with van der Waals surface area (Å²) in [6.07, 6.45) is 0.926. The highest BCUT2D eigenvalue weighted by atomic mass is 79.9. The molecule has 0 spiro atoms. The minimum Gasteiger partial charge on any atom is -0.207 e. The molecule has 0 bridgehead atoms. The van der Waals surface area contributed by atoms with Gasteiger partial charge in [0, 0.05) is 5.33 Å². The van der Waals surface area contributed by atoms with Crippen LogP contribution in [0.1, 0.15) is 17.0 Å². The largest absolute Gasteiger partial charge is 0.207 e. The van der Waals surface area contributed by atoms with Gasteiger partial charge >= 0.3 is 0 Å². The summed E-state index contributed by atoms with van der Waals surface area (Å²) in [5, 5.41) is 0.911. The molecule has 0 saturated carbocycles. The molecule has 0 aliphatic heterocycles. The fourth-order valence-corrected chi connectivity index (χ4v) is 2.49. The van der Waals surface area contributed by atoms with Crippen molar-refractivity contribution in [3.63, 3.8) is 0 Å². The normalized spacial score (nSPS) is 12.4. The zero-order valence-corrected chi connectivity index (χ0v) is 11.0. The SMILES string of the molecule is Fc1ccc(CC(CBr)c2ccccc2)cc1. The molecule has 1 unspecified atom stereocenters. The van der Waals surface area contributed by atoms with Crippen LogP contribution in [0, 0.1) is 5.82 Å². The van der Waals surface area contributed by atoms with E-state index in [9.17, 15) is 4.39 Å². The van der Waals surface area contributed by atoms with Crippen LogP contribution in [0.4, 0.5) is 4.39 Å². The monoisotopic (exact) mass is 292 g/mol. The standard InChI is InChI=1S/C15H14BrF/c16-11-14(13-4-2-1-3-5-13)10-12-6-8-15(17)9-7-12/h1-9,14H,10-11H2. The fourth-order valence-electron chi connectivity index (χ4n) is 1.89. The van der Waals surface area contributed by atoms with Crippen LogP contribution in [0.25, 0.3) is 0 Å². The summed E-state index contributed by atoms with van der Waals surface area (Å²) < 4.78 is 12.8. The van der Waals surface area contributed by atoms with Gasteiger partial charge in [0.2, 0.25) is 0 Å². The van der Waals surface area contributed by atoms with Crippen LogP contribution >= 0.6 is 15.9 Å². The lowest BCUT2D eigenvalue weighted by Gasteiger charge is -2.14. The smallest absolute Gasteiger partial charge is 0.123 e. The Kier molecular flexibility index (Phi) is 4.32. The fraction of sp³-hybridized carbons (Fsp3) is 0.200. The topological polar surface area (TPSA) is 0 Å². The maximum atomic E-state index is 12.8. The lowest BCUT2D eigenvalue weighted by atomic mass is 9.94. The third kappa shape index (κ3) is 3.40. The summed E-state index contributed by atoms with van der Waals surface area (Å²) in [5.41, 5.74) is 2.48. The Morgan fingerprint density at radius 3 is 2.18 bits per heavy atom. The summed E-state index contributed by atoms with van der Waals surface area (Å²) in [7, 11) is 0. The van der Waals surface area contributed by atoms with Crippen molar-refractivity contribution < 1.29 is 4.39 Å². The highest BCUT2D eigenvalue weighted by Crippen LogP contribution is 2.22. The Bertz CT molecular complexity index is 450. The van der Waals surface area contributed by atoms with E-state index >= 15 is 0 Å². The number of halogens is 2. The first-order valence-corrected chi connectivity index (χ1v) is 6.77. The summed E-state index contributed by atoms with van der Waals surface area (Å²) in [6, 6.07) is 17.1. The lowest BCUT2D eigenvalue weighted by molar-refractivity contribution is 0.626. The number of benzene rings is 2. The van der Waals surface area contributed by atoms with E-state index in [0.29, 0.717) is 5.92 Å². The molecule has 0 nitrogen and oxygen atoms in total. The van der Waals surface area contributed by atoms with Crippen LogP contribution in [-0.4, -0.2) is 5.33 Å². The van der Waals surface area contributed by atoms with Gasteiger partial charge in [-0.2, -0.15) is 0 Å². The van der Waals surface area contributed by atoms with Gasteiger partial charge < -0.3 is 0 Å². The highest BCUT2D eigenvalue weighted by Gasteiger charge is 2.10. The number of rotatable bonds is 4. The minimum atomic E-state index is -0.177. The summed E-state index contributed by atoms with van der Waals surface area (Å²) in [4.78, 5) is 0. The Labute approximate surface area is 110 Å². The van der Waals surface area contributed by atoms with Crippen molar-refractivity contribution >= 4 is 15.9 Å². The molecule has 0 aliphatic rings. The van der Waals surface area contributed by atoms with E-state index in [-0.39, 0.29) is 5.82 Å². The molecule has 0 aliphatic carbocycles. The molecule has 0 radical (unpaired) electrons. The summed E-state index contributed by atoms with van der Waals surface area (Å²) in [6.45, 7) is 0. The van der Waals surface area contributed by atoms with Gasteiger partial charge in [-0.05, 0) is 35.6 Å². The third-order valence-electron chi connectivity index (χ3n) is 2.85. The first-order chi connectivity index (χ1) is 8.29. The molecule has 88 valence electrons. The first-order valence-electron chi connectivity index (χ1n) is 5.65. The van der Waals surface area contributed by atoms with Crippen molar-refractivity contribution in [1.82, 2.24) is 0 Å². The molecular weight excluding hydrogens is 279 g/mol. The Balaban J connectivity index is 2.13. The van der Waals surface area contributed by atoms with Crippen LogP contribution in [-0.2, 0) is 6.42 Å². The van der Waals surface area contributed by atoms with Crippen molar-refractivity contribution in [2.75, 3.05) is 5.33 Å². The molecule has 0 heterocycles. The summed E-state index contributed by atoms with van der Waals surface area (Å²) >= 11 is 3.55. The van der Waals surface area contributed by atoms with E-state index in [2.05, 4.69) is 40.2 Å². The molecule has 0 fully saturated rings. The van der Waals surface area contributed by atoms with Crippen LogP contribution in [0.15, 0.2) is 54.6 Å². The highest BCUT2D eigenvalue weighted by molar-refractivity contribution is 9.09. The molecular formula is C15H14BrF. The van der Waals surface area contributed by atoms with Gasteiger partial charge in [0.25, 0.3) is 0 Å². The van der Waals surface area contributed by atoms with Crippen LogP contribution in [0.5, 0.6) is 0 Å². The number of alkyl halides is 1. The van der Waals surface area contributed by atoms with Gasteiger partial charge in [0.1, 0.15) is 5.82 Å². The molecule has 0 amide bonds.